The Labute approximate surface area is 121 Å². The summed E-state index contributed by atoms with van der Waals surface area (Å²) in [7, 11) is 0. The van der Waals surface area contributed by atoms with Crippen LogP contribution < -0.4 is 5.32 Å². The normalized spacial score (nSPS) is 11.0. The van der Waals surface area contributed by atoms with Gasteiger partial charge in [0.05, 0.1) is 5.69 Å². The van der Waals surface area contributed by atoms with E-state index in [4.69, 9.17) is 4.42 Å². The average Bonchev–Trinajstić information content (AvgIpc) is 2.86. The number of nitrogens with one attached hydrogen (secondary N) is 1. The predicted octanol–water partition coefficient (Wildman–Crippen LogP) is 4.89. The van der Waals surface area contributed by atoms with Gasteiger partial charge < -0.3 is 9.73 Å². The van der Waals surface area contributed by atoms with E-state index < -0.39 is 11.6 Å². The summed E-state index contributed by atoms with van der Waals surface area (Å²) in [5, 5.41) is 3.95. The molecule has 0 aliphatic rings. The fraction of sp³-hybridized carbons (Fsp3) is 0.176. The van der Waals surface area contributed by atoms with Crippen LogP contribution in [0.25, 0.3) is 11.0 Å². The van der Waals surface area contributed by atoms with Crippen molar-refractivity contribution in [2.75, 3.05) is 5.32 Å². The summed E-state index contributed by atoms with van der Waals surface area (Å²) in [4.78, 5) is 0. The number of aryl methyl sites for hydroxylation is 1. The molecule has 0 atom stereocenters. The zero-order valence-electron chi connectivity index (χ0n) is 11.6. The van der Waals surface area contributed by atoms with E-state index in [9.17, 15) is 8.78 Å². The van der Waals surface area contributed by atoms with Crippen LogP contribution >= 0.6 is 0 Å². The van der Waals surface area contributed by atoms with Crippen molar-refractivity contribution < 1.29 is 13.2 Å². The summed E-state index contributed by atoms with van der Waals surface area (Å²) in [5.74, 6) is -0.0746. The molecule has 0 unspecified atom stereocenters. The van der Waals surface area contributed by atoms with E-state index in [1.165, 1.54) is 0 Å². The van der Waals surface area contributed by atoms with E-state index in [0.29, 0.717) is 6.54 Å². The highest BCUT2D eigenvalue weighted by Crippen LogP contribution is 2.27. The first-order valence-corrected chi connectivity index (χ1v) is 6.87. The highest BCUT2D eigenvalue weighted by molar-refractivity contribution is 5.82. The van der Waals surface area contributed by atoms with Crippen molar-refractivity contribution >= 4 is 16.7 Å². The Hall–Kier alpha value is -2.36. The van der Waals surface area contributed by atoms with Crippen LogP contribution in [-0.2, 0) is 13.0 Å². The number of furan rings is 1. The molecule has 1 aromatic heterocycles. The van der Waals surface area contributed by atoms with Gasteiger partial charge in [0.25, 0.3) is 0 Å². The van der Waals surface area contributed by atoms with Gasteiger partial charge in [-0.1, -0.05) is 25.1 Å². The number of halogens is 2. The zero-order chi connectivity index (χ0) is 14.8. The van der Waals surface area contributed by atoms with Crippen molar-refractivity contribution in [1.82, 2.24) is 0 Å². The highest BCUT2D eigenvalue weighted by Gasteiger charge is 2.13. The summed E-state index contributed by atoms with van der Waals surface area (Å²) in [6, 6.07) is 11.1. The number of anilines is 1. The SMILES string of the molecule is CCc1oc2ccccc2c1CNc1cc(F)ccc1F. The third-order valence-corrected chi connectivity index (χ3v) is 3.49. The Morgan fingerprint density at radius 2 is 1.90 bits per heavy atom. The molecule has 0 radical (unpaired) electrons. The second kappa shape index (κ2) is 5.56. The van der Waals surface area contributed by atoms with Gasteiger partial charge in [0.1, 0.15) is 23.0 Å². The first kappa shape index (κ1) is 13.6. The summed E-state index contributed by atoms with van der Waals surface area (Å²) in [5.41, 5.74) is 1.95. The average molecular weight is 287 g/mol. The topological polar surface area (TPSA) is 25.2 Å². The van der Waals surface area contributed by atoms with Gasteiger partial charge in [-0.3, -0.25) is 0 Å². The van der Waals surface area contributed by atoms with Crippen LogP contribution in [0, 0.1) is 11.6 Å². The summed E-state index contributed by atoms with van der Waals surface area (Å²) >= 11 is 0. The maximum absolute atomic E-state index is 13.6. The van der Waals surface area contributed by atoms with E-state index in [2.05, 4.69) is 5.32 Å². The highest BCUT2D eigenvalue weighted by atomic mass is 19.1. The second-order valence-corrected chi connectivity index (χ2v) is 4.83. The van der Waals surface area contributed by atoms with Gasteiger partial charge in [0, 0.05) is 23.9 Å². The van der Waals surface area contributed by atoms with Gasteiger partial charge in [0.15, 0.2) is 0 Å². The van der Waals surface area contributed by atoms with Gasteiger partial charge in [-0.05, 0) is 24.3 Å². The zero-order valence-corrected chi connectivity index (χ0v) is 11.6. The maximum Gasteiger partial charge on any atom is 0.146 e. The fourth-order valence-corrected chi connectivity index (χ4v) is 2.45. The Kier molecular flexibility index (Phi) is 3.60. The lowest BCUT2D eigenvalue weighted by molar-refractivity contribution is 0.551. The van der Waals surface area contributed by atoms with Crippen molar-refractivity contribution in [2.24, 2.45) is 0 Å². The van der Waals surface area contributed by atoms with Gasteiger partial charge in [-0.2, -0.15) is 0 Å². The third kappa shape index (κ3) is 2.61. The molecule has 2 aromatic carbocycles. The molecular formula is C17H15F2NO. The number of rotatable bonds is 4. The molecule has 1 N–H and O–H groups in total. The lowest BCUT2D eigenvalue weighted by atomic mass is 10.1. The molecule has 0 aliphatic carbocycles. The Morgan fingerprint density at radius 3 is 2.71 bits per heavy atom. The summed E-state index contributed by atoms with van der Waals surface area (Å²) in [6.45, 7) is 2.39. The Bertz CT molecular complexity index is 780. The molecule has 0 saturated carbocycles. The van der Waals surface area contributed by atoms with Crippen molar-refractivity contribution in [2.45, 2.75) is 19.9 Å². The summed E-state index contributed by atoms with van der Waals surface area (Å²) < 4.78 is 32.6. The second-order valence-electron chi connectivity index (χ2n) is 4.83. The molecule has 2 nitrogen and oxygen atoms in total. The number of fused-ring (bicyclic) bond motifs is 1. The Balaban J connectivity index is 1.93. The molecule has 0 amide bonds. The standard InChI is InChI=1S/C17H15F2NO/c1-2-16-13(12-5-3-4-6-17(12)21-16)10-20-15-9-11(18)7-8-14(15)19/h3-9,20H,2,10H2,1H3. The molecule has 1 heterocycles. The van der Waals surface area contributed by atoms with E-state index in [0.717, 1.165) is 46.9 Å². The van der Waals surface area contributed by atoms with Crippen LogP contribution in [-0.4, -0.2) is 0 Å². The molecule has 21 heavy (non-hydrogen) atoms. The quantitative estimate of drug-likeness (QED) is 0.739. The predicted molar refractivity (Wildman–Crippen MR) is 79.3 cm³/mol. The van der Waals surface area contributed by atoms with Crippen molar-refractivity contribution in [3.05, 3.63) is 65.4 Å². The maximum atomic E-state index is 13.6. The van der Waals surface area contributed by atoms with Crippen LogP contribution in [0.1, 0.15) is 18.2 Å². The molecule has 3 rings (SSSR count). The van der Waals surface area contributed by atoms with Gasteiger partial charge in [-0.15, -0.1) is 0 Å². The molecular weight excluding hydrogens is 272 g/mol. The first-order chi connectivity index (χ1) is 10.2. The molecule has 0 fully saturated rings. The van der Waals surface area contributed by atoms with Crippen LogP contribution in [0.2, 0.25) is 0 Å². The number of para-hydroxylation sites is 1. The molecule has 0 aliphatic heterocycles. The van der Waals surface area contributed by atoms with Crippen LogP contribution in [0.4, 0.5) is 14.5 Å². The minimum atomic E-state index is -0.470. The molecule has 3 aromatic rings. The van der Waals surface area contributed by atoms with Gasteiger partial charge in [0.2, 0.25) is 0 Å². The molecule has 4 heteroatoms. The molecule has 0 spiro atoms. The number of hydrogen-bond acceptors (Lipinski definition) is 2. The smallest absolute Gasteiger partial charge is 0.146 e. The molecule has 108 valence electrons. The van der Waals surface area contributed by atoms with Crippen LogP contribution in [0.3, 0.4) is 0 Å². The van der Waals surface area contributed by atoms with Crippen LogP contribution in [0.5, 0.6) is 0 Å². The largest absolute Gasteiger partial charge is 0.461 e. The summed E-state index contributed by atoms with van der Waals surface area (Å²) in [6.07, 6.45) is 0.747. The van der Waals surface area contributed by atoms with E-state index in [1.807, 2.05) is 31.2 Å². The number of hydrogen-bond donors (Lipinski definition) is 1. The minimum absolute atomic E-state index is 0.155. The number of benzene rings is 2. The van der Waals surface area contributed by atoms with E-state index in [-0.39, 0.29) is 5.69 Å². The lowest BCUT2D eigenvalue weighted by Crippen LogP contribution is -2.03. The third-order valence-electron chi connectivity index (χ3n) is 3.49. The van der Waals surface area contributed by atoms with Crippen molar-refractivity contribution in [1.29, 1.82) is 0 Å². The Morgan fingerprint density at radius 1 is 1.10 bits per heavy atom. The molecule has 0 bridgehead atoms. The van der Waals surface area contributed by atoms with Crippen molar-refractivity contribution in [3.8, 4) is 0 Å². The van der Waals surface area contributed by atoms with Gasteiger partial charge >= 0.3 is 0 Å². The van der Waals surface area contributed by atoms with E-state index in [1.54, 1.807) is 0 Å². The molecule has 0 saturated heterocycles. The van der Waals surface area contributed by atoms with Gasteiger partial charge in [-0.25, -0.2) is 8.78 Å². The minimum Gasteiger partial charge on any atom is -0.461 e. The first-order valence-electron chi connectivity index (χ1n) is 6.87. The monoisotopic (exact) mass is 287 g/mol. The lowest BCUT2D eigenvalue weighted by Gasteiger charge is -2.08. The van der Waals surface area contributed by atoms with Crippen LogP contribution in [0.15, 0.2) is 46.9 Å². The van der Waals surface area contributed by atoms with E-state index >= 15 is 0 Å². The fourth-order valence-electron chi connectivity index (χ4n) is 2.45. The van der Waals surface area contributed by atoms with Crippen molar-refractivity contribution in [3.63, 3.8) is 0 Å².